The maximum absolute atomic E-state index is 12.5. The van der Waals surface area contributed by atoms with Crippen molar-refractivity contribution in [2.24, 2.45) is 5.92 Å². The normalized spacial score (nSPS) is 23.1. The summed E-state index contributed by atoms with van der Waals surface area (Å²) in [5, 5.41) is 3.35. The number of halogens is 1. The average Bonchev–Trinajstić information content (AvgIpc) is 2.37. The van der Waals surface area contributed by atoms with Crippen LogP contribution in [-0.4, -0.2) is 29.8 Å². The zero-order valence-electron chi connectivity index (χ0n) is 11.1. The molecule has 1 aliphatic heterocycles. The summed E-state index contributed by atoms with van der Waals surface area (Å²) in [7, 11) is 0. The van der Waals surface area contributed by atoms with Gasteiger partial charge in [-0.2, -0.15) is 0 Å². The van der Waals surface area contributed by atoms with Crippen molar-refractivity contribution >= 4 is 23.4 Å². The predicted octanol–water partition coefficient (Wildman–Crippen LogP) is 2.14. The van der Waals surface area contributed by atoms with Crippen molar-refractivity contribution in [1.82, 2.24) is 10.2 Å². The Morgan fingerprint density at radius 3 is 2.70 bits per heavy atom. The van der Waals surface area contributed by atoms with Crippen LogP contribution in [0.3, 0.4) is 0 Å². The van der Waals surface area contributed by atoms with Crippen LogP contribution in [0.2, 0.25) is 5.02 Å². The first-order valence-electron chi connectivity index (χ1n) is 7.01. The fraction of sp³-hybridized carbons (Fsp3) is 0.467. The first-order valence-corrected chi connectivity index (χ1v) is 7.39. The van der Waals surface area contributed by atoms with Gasteiger partial charge in [-0.1, -0.05) is 36.2 Å². The quantitative estimate of drug-likeness (QED) is 0.908. The Kier molecular flexibility index (Phi) is 3.66. The Hall–Kier alpha value is -1.55. The van der Waals surface area contributed by atoms with Crippen LogP contribution >= 0.6 is 11.6 Å². The molecule has 3 rings (SSSR count). The highest BCUT2D eigenvalue weighted by Crippen LogP contribution is 2.34. The van der Waals surface area contributed by atoms with Crippen LogP contribution in [0.25, 0.3) is 0 Å². The highest BCUT2D eigenvalue weighted by atomic mass is 35.5. The summed E-state index contributed by atoms with van der Waals surface area (Å²) in [5.41, 5.74) is 0.707. The van der Waals surface area contributed by atoms with E-state index in [4.69, 9.17) is 11.6 Å². The number of amides is 2. The van der Waals surface area contributed by atoms with Gasteiger partial charge < -0.3 is 10.2 Å². The summed E-state index contributed by atoms with van der Waals surface area (Å²) < 4.78 is 0. The van der Waals surface area contributed by atoms with Gasteiger partial charge in [0.05, 0.1) is 0 Å². The lowest BCUT2D eigenvalue weighted by Crippen LogP contribution is -2.54. The number of carbonyl (C=O) groups is 2. The molecule has 5 heteroatoms. The molecule has 0 radical (unpaired) electrons. The second-order valence-corrected chi connectivity index (χ2v) is 5.78. The molecule has 1 saturated heterocycles. The van der Waals surface area contributed by atoms with E-state index in [1.165, 1.54) is 0 Å². The van der Waals surface area contributed by atoms with Gasteiger partial charge in [0.1, 0.15) is 6.04 Å². The number of benzene rings is 1. The number of carbonyl (C=O) groups excluding carboxylic acids is 2. The van der Waals surface area contributed by atoms with E-state index in [-0.39, 0.29) is 17.7 Å². The molecule has 106 valence electrons. The van der Waals surface area contributed by atoms with E-state index in [9.17, 15) is 9.59 Å². The minimum atomic E-state index is -0.592. The number of piperazine rings is 1. The molecule has 1 atom stereocenters. The standard InChI is InChI=1S/C15H17ClN2O2/c16-12-7-2-1-6-11(12)13-14(19)17-8-9-18(13)15(20)10-4-3-5-10/h1-2,6-7,10,13H,3-5,8-9H2,(H,17,19). The molecule has 2 aliphatic rings. The van der Waals surface area contributed by atoms with Crippen LogP contribution in [0.1, 0.15) is 30.9 Å². The highest BCUT2D eigenvalue weighted by Gasteiger charge is 2.39. The Bertz CT molecular complexity index is 542. The molecule has 0 bridgehead atoms. The molecule has 1 aromatic rings. The number of nitrogens with one attached hydrogen (secondary N) is 1. The van der Waals surface area contributed by atoms with E-state index in [0.29, 0.717) is 23.7 Å². The average molecular weight is 293 g/mol. The molecule has 1 saturated carbocycles. The van der Waals surface area contributed by atoms with Crippen LogP contribution in [0.15, 0.2) is 24.3 Å². The maximum atomic E-state index is 12.5. The zero-order valence-corrected chi connectivity index (χ0v) is 11.9. The lowest BCUT2D eigenvalue weighted by molar-refractivity contribution is -0.148. The Balaban J connectivity index is 1.92. The van der Waals surface area contributed by atoms with Gasteiger partial charge in [0.15, 0.2) is 0 Å². The summed E-state index contributed by atoms with van der Waals surface area (Å²) in [6, 6.07) is 6.65. The first-order chi connectivity index (χ1) is 9.68. The molecule has 20 heavy (non-hydrogen) atoms. The number of hydrogen-bond donors (Lipinski definition) is 1. The third-order valence-corrected chi connectivity index (χ3v) is 4.49. The van der Waals surface area contributed by atoms with Crippen molar-refractivity contribution in [2.75, 3.05) is 13.1 Å². The Labute approximate surface area is 123 Å². The second kappa shape index (κ2) is 5.44. The van der Waals surface area contributed by atoms with Crippen LogP contribution in [0.5, 0.6) is 0 Å². The van der Waals surface area contributed by atoms with Crippen LogP contribution in [0, 0.1) is 5.92 Å². The van der Waals surface area contributed by atoms with Gasteiger partial charge in [0.25, 0.3) is 0 Å². The Morgan fingerprint density at radius 2 is 2.05 bits per heavy atom. The van der Waals surface area contributed by atoms with Gasteiger partial charge in [-0.05, 0) is 18.9 Å². The molecule has 4 nitrogen and oxygen atoms in total. The Morgan fingerprint density at radius 1 is 1.30 bits per heavy atom. The predicted molar refractivity (Wildman–Crippen MR) is 76.3 cm³/mol. The summed E-state index contributed by atoms with van der Waals surface area (Å²) in [4.78, 5) is 26.4. The second-order valence-electron chi connectivity index (χ2n) is 5.37. The topological polar surface area (TPSA) is 49.4 Å². The molecule has 1 aliphatic carbocycles. The number of hydrogen-bond acceptors (Lipinski definition) is 2. The van der Waals surface area contributed by atoms with E-state index in [1.54, 1.807) is 11.0 Å². The largest absolute Gasteiger partial charge is 0.352 e. The summed E-state index contributed by atoms with van der Waals surface area (Å²) in [6.07, 6.45) is 2.98. The molecule has 1 unspecified atom stereocenters. The summed E-state index contributed by atoms with van der Waals surface area (Å²) in [5.74, 6) is 0.0407. The van der Waals surface area contributed by atoms with Crippen molar-refractivity contribution in [2.45, 2.75) is 25.3 Å². The van der Waals surface area contributed by atoms with Crippen molar-refractivity contribution in [3.8, 4) is 0 Å². The summed E-state index contributed by atoms with van der Waals surface area (Å²) in [6.45, 7) is 1.06. The third-order valence-electron chi connectivity index (χ3n) is 4.15. The lowest BCUT2D eigenvalue weighted by Gasteiger charge is -2.39. The first kappa shape index (κ1) is 13.4. The minimum Gasteiger partial charge on any atom is -0.352 e. The minimum absolute atomic E-state index is 0.0888. The van der Waals surface area contributed by atoms with Crippen molar-refractivity contribution < 1.29 is 9.59 Å². The van der Waals surface area contributed by atoms with E-state index < -0.39 is 6.04 Å². The summed E-state index contributed by atoms with van der Waals surface area (Å²) >= 11 is 6.20. The molecular formula is C15H17ClN2O2. The van der Waals surface area contributed by atoms with Crippen LogP contribution < -0.4 is 5.32 Å². The molecule has 2 fully saturated rings. The molecule has 2 amide bonds. The SMILES string of the molecule is O=C1NCCN(C(=O)C2CCC2)C1c1ccccc1Cl. The monoisotopic (exact) mass is 292 g/mol. The van der Waals surface area contributed by atoms with E-state index in [2.05, 4.69) is 5.32 Å². The van der Waals surface area contributed by atoms with Gasteiger partial charge >= 0.3 is 0 Å². The molecular weight excluding hydrogens is 276 g/mol. The molecule has 0 spiro atoms. The molecule has 1 heterocycles. The number of rotatable bonds is 2. The highest BCUT2D eigenvalue weighted by molar-refractivity contribution is 6.31. The zero-order chi connectivity index (χ0) is 14.1. The smallest absolute Gasteiger partial charge is 0.247 e. The lowest BCUT2D eigenvalue weighted by atomic mass is 9.83. The van der Waals surface area contributed by atoms with E-state index >= 15 is 0 Å². The van der Waals surface area contributed by atoms with Crippen molar-refractivity contribution in [1.29, 1.82) is 0 Å². The molecule has 1 N–H and O–H groups in total. The molecule has 0 aromatic heterocycles. The van der Waals surface area contributed by atoms with E-state index in [0.717, 1.165) is 19.3 Å². The fourth-order valence-corrected chi connectivity index (χ4v) is 3.04. The third kappa shape index (κ3) is 2.29. The van der Waals surface area contributed by atoms with Gasteiger partial charge in [0.2, 0.25) is 11.8 Å². The fourth-order valence-electron chi connectivity index (χ4n) is 2.80. The van der Waals surface area contributed by atoms with Gasteiger partial charge in [-0.3, -0.25) is 9.59 Å². The van der Waals surface area contributed by atoms with Gasteiger partial charge in [0, 0.05) is 29.6 Å². The van der Waals surface area contributed by atoms with Crippen molar-refractivity contribution in [3.05, 3.63) is 34.9 Å². The van der Waals surface area contributed by atoms with Crippen LogP contribution in [0.4, 0.5) is 0 Å². The van der Waals surface area contributed by atoms with Gasteiger partial charge in [-0.15, -0.1) is 0 Å². The molecule has 1 aromatic carbocycles. The van der Waals surface area contributed by atoms with Crippen molar-refractivity contribution in [3.63, 3.8) is 0 Å². The van der Waals surface area contributed by atoms with Crippen LogP contribution in [-0.2, 0) is 9.59 Å². The van der Waals surface area contributed by atoms with E-state index in [1.807, 2.05) is 18.2 Å². The number of nitrogens with zero attached hydrogens (tertiary/aromatic N) is 1. The van der Waals surface area contributed by atoms with Gasteiger partial charge in [-0.25, -0.2) is 0 Å². The maximum Gasteiger partial charge on any atom is 0.247 e.